The van der Waals surface area contributed by atoms with Gasteiger partial charge in [0.25, 0.3) is 11.6 Å². The second-order valence-electron chi connectivity index (χ2n) is 6.44. The van der Waals surface area contributed by atoms with Gasteiger partial charge in [-0.05, 0) is 42.7 Å². The number of nitrogens with zero attached hydrogens (tertiary/aromatic N) is 2. The topological polar surface area (TPSA) is 72.7 Å². The second kappa shape index (κ2) is 7.99. The quantitative estimate of drug-likeness (QED) is 0.604. The zero-order valence-corrected chi connectivity index (χ0v) is 14.8. The summed E-state index contributed by atoms with van der Waals surface area (Å²) in [6.45, 7) is 0.687. The number of carbonyl (C=O) groups is 1. The van der Waals surface area contributed by atoms with E-state index in [1.54, 1.807) is 7.11 Å². The summed E-state index contributed by atoms with van der Waals surface area (Å²) in [6.07, 6.45) is 4.04. The van der Waals surface area contributed by atoms with Crippen molar-refractivity contribution in [2.24, 2.45) is 0 Å². The number of carbonyl (C=O) groups excluding carboxylic acids is 1. The number of amides is 1. The molecule has 0 radical (unpaired) electrons. The second-order valence-corrected chi connectivity index (χ2v) is 6.44. The minimum absolute atomic E-state index is 0.00565. The van der Waals surface area contributed by atoms with Gasteiger partial charge < -0.3 is 9.64 Å². The monoisotopic (exact) mass is 354 g/mol. The lowest BCUT2D eigenvalue weighted by Gasteiger charge is -2.30. The Morgan fingerprint density at radius 2 is 1.77 bits per heavy atom. The van der Waals surface area contributed by atoms with E-state index in [0.717, 1.165) is 37.0 Å². The first-order chi connectivity index (χ1) is 12.6. The van der Waals surface area contributed by atoms with Crippen LogP contribution in [0.25, 0.3) is 0 Å². The van der Waals surface area contributed by atoms with Crippen molar-refractivity contribution in [1.82, 2.24) is 4.90 Å². The highest BCUT2D eigenvalue weighted by Gasteiger charge is 2.27. The summed E-state index contributed by atoms with van der Waals surface area (Å²) < 4.78 is 5.22. The third-order valence-electron chi connectivity index (χ3n) is 4.84. The van der Waals surface area contributed by atoms with E-state index in [0.29, 0.717) is 12.1 Å². The molecule has 6 nitrogen and oxygen atoms in total. The lowest BCUT2D eigenvalue weighted by atomic mass is 10.00. The van der Waals surface area contributed by atoms with Crippen LogP contribution in [0.4, 0.5) is 5.69 Å². The van der Waals surface area contributed by atoms with Crippen molar-refractivity contribution in [3.63, 3.8) is 0 Å². The maximum Gasteiger partial charge on any atom is 0.269 e. The Kier molecular flexibility index (Phi) is 5.51. The Morgan fingerprint density at radius 3 is 2.38 bits per heavy atom. The molecule has 1 aliphatic rings. The van der Waals surface area contributed by atoms with E-state index in [1.165, 1.54) is 24.3 Å². The normalized spacial score (nSPS) is 17.4. The summed E-state index contributed by atoms with van der Waals surface area (Å²) in [7, 11) is 1.63. The zero-order chi connectivity index (χ0) is 18.5. The minimum Gasteiger partial charge on any atom is -0.497 e. The first-order valence-corrected chi connectivity index (χ1v) is 8.79. The summed E-state index contributed by atoms with van der Waals surface area (Å²) in [5.74, 6) is 0.707. The van der Waals surface area contributed by atoms with Gasteiger partial charge in [-0.3, -0.25) is 14.9 Å². The molecule has 0 spiro atoms. The molecule has 1 unspecified atom stereocenters. The summed E-state index contributed by atoms with van der Waals surface area (Å²) in [6, 6.07) is 13.7. The van der Waals surface area contributed by atoms with Crippen LogP contribution < -0.4 is 4.74 Å². The number of benzene rings is 2. The molecule has 6 heteroatoms. The molecule has 0 aromatic heterocycles. The van der Waals surface area contributed by atoms with Crippen LogP contribution in [0, 0.1) is 10.1 Å². The molecule has 2 aromatic carbocycles. The van der Waals surface area contributed by atoms with E-state index in [2.05, 4.69) is 0 Å². The van der Waals surface area contributed by atoms with Crippen molar-refractivity contribution < 1.29 is 14.5 Å². The van der Waals surface area contributed by atoms with Crippen LogP contribution in [0.15, 0.2) is 48.5 Å². The van der Waals surface area contributed by atoms with E-state index in [9.17, 15) is 14.9 Å². The lowest BCUT2D eigenvalue weighted by molar-refractivity contribution is -0.384. The molecule has 3 rings (SSSR count). The number of ether oxygens (including phenoxy) is 1. The molecule has 1 amide bonds. The van der Waals surface area contributed by atoms with Gasteiger partial charge >= 0.3 is 0 Å². The Morgan fingerprint density at radius 1 is 1.08 bits per heavy atom. The highest BCUT2D eigenvalue weighted by molar-refractivity contribution is 5.94. The maximum atomic E-state index is 13.1. The fourth-order valence-corrected chi connectivity index (χ4v) is 3.42. The molecular weight excluding hydrogens is 332 g/mol. The van der Waals surface area contributed by atoms with Gasteiger partial charge in [-0.2, -0.15) is 0 Å². The maximum absolute atomic E-state index is 13.1. The van der Waals surface area contributed by atoms with Gasteiger partial charge in [0.1, 0.15) is 5.75 Å². The molecule has 1 aliphatic heterocycles. The van der Waals surface area contributed by atoms with Crippen molar-refractivity contribution in [2.45, 2.75) is 31.7 Å². The number of hydrogen-bond donors (Lipinski definition) is 0. The third-order valence-corrected chi connectivity index (χ3v) is 4.84. The van der Waals surface area contributed by atoms with Crippen LogP contribution in [0.3, 0.4) is 0 Å². The zero-order valence-electron chi connectivity index (χ0n) is 14.8. The van der Waals surface area contributed by atoms with Gasteiger partial charge in [-0.1, -0.05) is 25.0 Å². The molecule has 0 bridgehead atoms. The van der Waals surface area contributed by atoms with Gasteiger partial charge in [-0.25, -0.2) is 0 Å². The number of rotatable bonds is 4. The van der Waals surface area contributed by atoms with Crippen LogP contribution in [0.5, 0.6) is 5.75 Å². The van der Waals surface area contributed by atoms with Crippen molar-refractivity contribution in [3.8, 4) is 5.75 Å². The number of likely N-dealkylation sites (tertiary alicyclic amines) is 1. The Hall–Kier alpha value is -2.89. The molecular formula is C20H22N2O4. The van der Waals surface area contributed by atoms with Crippen molar-refractivity contribution in [2.75, 3.05) is 13.7 Å². The van der Waals surface area contributed by atoms with Gasteiger partial charge in [0.2, 0.25) is 0 Å². The van der Waals surface area contributed by atoms with Crippen LogP contribution in [0.2, 0.25) is 0 Å². The molecule has 136 valence electrons. The molecule has 26 heavy (non-hydrogen) atoms. The predicted molar refractivity (Wildman–Crippen MR) is 98.3 cm³/mol. The average Bonchev–Trinajstić information content (AvgIpc) is 2.93. The van der Waals surface area contributed by atoms with E-state index in [-0.39, 0.29) is 17.6 Å². The highest BCUT2D eigenvalue weighted by Crippen LogP contribution is 2.32. The molecule has 2 aromatic rings. The first kappa shape index (κ1) is 17.9. The molecule has 1 atom stereocenters. The Balaban J connectivity index is 1.87. The fourth-order valence-electron chi connectivity index (χ4n) is 3.42. The summed E-state index contributed by atoms with van der Waals surface area (Å²) >= 11 is 0. The predicted octanol–water partition coefficient (Wildman–Crippen LogP) is 4.36. The van der Waals surface area contributed by atoms with E-state index in [1.807, 2.05) is 29.2 Å². The fraction of sp³-hybridized carbons (Fsp3) is 0.350. The van der Waals surface area contributed by atoms with Crippen molar-refractivity contribution in [3.05, 3.63) is 69.8 Å². The lowest BCUT2D eigenvalue weighted by Crippen LogP contribution is -2.34. The minimum atomic E-state index is -0.458. The molecule has 0 saturated carbocycles. The average molecular weight is 354 g/mol. The smallest absolute Gasteiger partial charge is 0.269 e. The largest absolute Gasteiger partial charge is 0.497 e. The molecule has 1 heterocycles. The first-order valence-electron chi connectivity index (χ1n) is 8.79. The molecule has 0 N–H and O–H groups in total. The molecule has 0 aliphatic carbocycles. The number of methoxy groups -OCH3 is 1. The Bertz CT molecular complexity index is 771. The van der Waals surface area contributed by atoms with Gasteiger partial charge in [0.15, 0.2) is 0 Å². The SMILES string of the molecule is COc1ccc(C2CCCCCN2C(=O)c2ccc([N+](=O)[O-])cc2)cc1. The standard InChI is InChI=1S/C20H22N2O4/c1-26-18-12-8-15(9-13-18)19-5-3-2-4-14-21(19)20(23)16-6-10-17(11-7-16)22(24)25/h6-13,19H,2-5,14H2,1H3. The van der Waals surface area contributed by atoms with E-state index in [4.69, 9.17) is 4.74 Å². The van der Waals surface area contributed by atoms with Crippen LogP contribution in [0.1, 0.15) is 47.6 Å². The van der Waals surface area contributed by atoms with Crippen molar-refractivity contribution in [1.29, 1.82) is 0 Å². The summed E-state index contributed by atoms with van der Waals surface area (Å²) in [4.78, 5) is 25.3. The third kappa shape index (κ3) is 3.85. The van der Waals surface area contributed by atoms with E-state index < -0.39 is 4.92 Å². The Labute approximate surface area is 152 Å². The number of non-ortho nitro benzene ring substituents is 1. The summed E-state index contributed by atoms with van der Waals surface area (Å²) in [5.41, 5.74) is 1.56. The van der Waals surface area contributed by atoms with Crippen LogP contribution in [-0.2, 0) is 0 Å². The van der Waals surface area contributed by atoms with Gasteiger partial charge in [-0.15, -0.1) is 0 Å². The number of nitro benzene ring substituents is 1. The van der Waals surface area contributed by atoms with Gasteiger partial charge in [0.05, 0.1) is 18.1 Å². The van der Waals surface area contributed by atoms with Crippen LogP contribution in [-0.4, -0.2) is 29.4 Å². The molecule has 1 saturated heterocycles. The molecule has 1 fully saturated rings. The summed E-state index contributed by atoms with van der Waals surface area (Å²) in [5, 5.41) is 10.8. The highest BCUT2D eigenvalue weighted by atomic mass is 16.6. The number of hydrogen-bond acceptors (Lipinski definition) is 4. The van der Waals surface area contributed by atoms with E-state index >= 15 is 0 Å². The van der Waals surface area contributed by atoms with Gasteiger partial charge in [0, 0.05) is 24.2 Å². The van der Waals surface area contributed by atoms with Crippen LogP contribution >= 0.6 is 0 Å². The number of nitro groups is 1. The van der Waals surface area contributed by atoms with Crippen molar-refractivity contribution >= 4 is 11.6 Å².